The van der Waals surface area contributed by atoms with Gasteiger partial charge in [-0.2, -0.15) is 0 Å². The van der Waals surface area contributed by atoms with E-state index >= 15 is 0 Å². The first-order valence-electron chi connectivity index (χ1n) is 12.6. The van der Waals surface area contributed by atoms with Gasteiger partial charge < -0.3 is 15.4 Å². The first-order valence-corrected chi connectivity index (χ1v) is 13.4. The van der Waals surface area contributed by atoms with E-state index in [1.54, 1.807) is 0 Å². The van der Waals surface area contributed by atoms with E-state index < -0.39 is 41.2 Å². The number of piperidine rings is 1. The third kappa shape index (κ3) is 4.60. The zero-order valence-corrected chi connectivity index (χ0v) is 22.0. The van der Waals surface area contributed by atoms with Crippen molar-refractivity contribution in [3.8, 4) is 5.75 Å². The molecule has 3 heterocycles. The Morgan fingerprint density at radius 3 is 2.59 bits per heavy atom. The van der Waals surface area contributed by atoms with Gasteiger partial charge in [0.05, 0.1) is 27.5 Å². The molecule has 1 aromatic heterocycles. The molecule has 1 unspecified atom stereocenters. The number of aromatic nitrogens is 1. The number of carbonyl (C=O) groups excluding carboxylic acids is 5. The maximum Gasteiger partial charge on any atom is 0.319 e. The third-order valence-corrected chi connectivity index (χ3v) is 8.20. The van der Waals surface area contributed by atoms with Gasteiger partial charge in [-0.15, -0.1) is 11.3 Å². The molecular weight excluding hydrogens is 522 g/mol. The van der Waals surface area contributed by atoms with Crippen molar-refractivity contribution in [2.24, 2.45) is 0 Å². The maximum absolute atomic E-state index is 13.1. The average molecular weight is 548 g/mol. The number of rotatable bonds is 6. The number of ether oxygens (including phenoxy) is 1. The van der Waals surface area contributed by atoms with Crippen LogP contribution in [0.25, 0.3) is 10.2 Å². The van der Waals surface area contributed by atoms with E-state index in [4.69, 9.17) is 9.72 Å². The standard InChI is InChI=1S/C27H25N5O6S/c1-27(2,25-30-21-18(38-14-7-8-14)4-3-5-19(21)39-25)31-26(37)28-13-6-9-15-16(12-13)24(36)32(23(15)35)17-10-11-20(33)29-22(17)34/h3-6,9,12,14,17H,7-8,10-11H2,1-2H3,(H2,28,31,37)(H,29,33,34). The first kappa shape index (κ1) is 25.0. The van der Waals surface area contributed by atoms with Gasteiger partial charge in [0.25, 0.3) is 11.8 Å². The molecular formula is C27H25N5O6S. The molecule has 1 saturated heterocycles. The fraction of sp³-hybridized carbons (Fsp3) is 0.333. The summed E-state index contributed by atoms with van der Waals surface area (Å²) in [6.45, 7) is 3.68. The summed E-state index contributed by atoms with van der Waals surface area (Å²) in [6, 6.07) is 8.59. The summed E-state index contributed by atoms with van der Waals surface area (Å²) in [4.78, 5) is 68.3. The largest absolute Gasteiger partial charge is 0.488 e. The number of benzene rings is 2. The van der Waals surface area contributed by atoms with Gasteiger partial charge in [0.15, 0.2) is 0 Å². The highest BCUT2D eigenvalue weighted by atomic mass is 32.1. The van der Waals surface area contributed by atoms with E-state index in [-0.39, 0.29) is 30.1 Å². The number of nitrogens with zero attached hydrogens (tertiary/aromatic N) is 2. The van der Waals surface area contributed by atoms with Crippen LogP contribution in [0.4, 0.5) is 10.5 Å². The van der Waals surface area contributed by atoms with E-state index in [1.165, 1.54) is 29.5 Å². The van der Waals surface area contributed by atoms with Crippen LogP contribution in [-0.2, 0) is 15.1 Å². The Bertz CT molecular complexity index is 1580. The van der Waals surface area contributed by atoms with Crippen molar-refractivity contribution < 1.29 is 28.7 Å². The number of carbonyl (C=O) groups is 5. The molecule has 2 aromatic carbocycles. The number of urea groups is 1. The maximum atomic E-state index is 13.1. The van der Waals surface area contributed by atoms with E-state index in [2.05, 4.69) is 16.0 Å². The van der Waals surface area contributed by atoms with Crippen LogP contribution in [0.15, 0.2) is 36.4 Å². The Morgan fingerprint density at radius 1 is 1.08 bits per heavy atom. The summed E-state index contributed by atoms with van der Waals surface area (Å²) in [5.74, 6) is -1.63. The summed E-state index contributed by atoms with van der Waals surface area (Å²) in [6.07, 6.45) is 2.42. The normalized spacial score (nSPS) is 19.2. The molecule has 1 saturated carbocycles. The molecule has 0 radical (unpaired) electrons. The topological polar surface area (TPSA) is 147 Å². The molecule has 0 bridgehead atoms. The molecule has 39 heavy (non-hydrogen) atoms. The molecule has 1 aliphatic carbocycles. The summed E-state index contributed by atoms with van der Waals surface area (Å²) < 4.78 is 6.95. The summed E-state index contributed by atoms with van der Waals surface area (Å²) in [7, 11) is 0. The fourth-order valence-corrected chi connectivity index (χ4v) is 5.74. The molecule has 6 amide bonds. The van der Waals surface area contributed by atoms with Crippen LogP contribution in [0.2, 0.25) is 0 Å². The number of hydrogen-bond donors (Lipinski definition) is 3. The Morgan fingerprint density at radius 2 is 1.85 bits per heavy atom. The molecule has 200 valence electrons. The minimum Gasteiger partial charge on any atom is -0.488 e. The fourth-order valence-electron chi connectivity index (χ4n) is 4.70. The number of amides is 6. The van der Waals surface area contributed by atoms with Gasteiger partial charge in [-0.3, -0.25) is 29.4 Å². The smallest absolute Gasteiger partial charge is 0.319 e. The molecule has 11 nitrogen and oxygen atoms in total. The number of anilines is 1. The Kier molecular flexibility index (Phi) is 5.87. The van der Waals surface area contributed by atoms with Crippen LogP contribution in [0.5, 0.6) is 5.75 Å². The van der Waals surface area contributed by atoms with Crippen molar-refractivity contribution in [1.82, 2.24) is 20.5 Å². The lowest BCUT2D eigenvalue weighted by atomic mass is 10.0. The molecule has 3 N–H and O–H groups in total. The van der Waals surface area contributed by atoms with Gasteiger partial charge >= 0.3 is 6.03 Å². The zero-order valence-electron chi connectivity index (χ0n) is 21.2. The third-order valence-electron chi connectivity index (χ3n) is 6.86. The van der Waals surface area contributed by atoms with Gasteiger partial charge in [-0.25, -0.2) is 9.78 Å². The Hall–Kier alpha value is -4.32. The number of para-hydroxylation sites is 1. The molecule has 0 spiro atoms. The Labute approximate surface area is 226 Å². The van der Waals surface area contributed by atoms with Crippen LogP contribution in [0.3, 0.4) is 0 Å². The van der Waals surface area contributed by atoms with E-state index in [0.717, 1.165) is 33.7 Å². The highest BCUT2D eigenvalue weighted by Crippen LogP contribution is 2.37. The quantitative estimate of drug-likeness (QED) is 0.401. The van der Waals surface area contributed by atoms with Gasteiger partial charge in [-0.1, -0.05) is 6.07 Å². The minimum atomic E-state index is -1.06. The van der Waals surface area contributed by atoms with Gasteiger partial charge in [0, 0.05) is 12.1 Å². The summed E-state index contributed by atoms with van der Waals surface area (Å²) >= 11 is 1.47. The van der Waals surface area contributed by atoms with Gasteiger partial charge in [0.2, 0.25) is 11.8 Å². The van der Waals surface area contributed by atoms with Crippen molar-refractivity contribution in [3.63, 3.8) is 0 Å². The molecule has 3 aliphatic rings. The number of nitrogens with one attached hydrogen (secondary N) is 3. The molecule has 12 heteroatoms. The van der Waals surface area contributed by atoms with Crippen molar-refractivity contribution in [1.29, 1.82) is 0 Å². The molecule has 3 aromatic rings. The van der Waals surface area contributed by atoms with Crippen LogP contribution in [-0.4, -0.2) is 51.7 Å². The minimum absolute atomic E-state index is 0.0378. The predicted molar refractivity (Wildman–Crippen MR) is 142 cm³/mol. The van der Waals surface area contributed by atoms with Crippen LogP contribution >= 0.6 is 11.3 Å². The first-order chi connectivity index (χ1) is 18.6. The molecule has 6 rings (SSSR count). The SMILES string of the molecule is CC(C)(NC(=O)Nc1ccc2c(c1)C(=O)N(C1CCC(=O)NC1=O)C2=O)c1nc2c(OC3CC3)cccc2s1. The van der Waals surface area contributed by atoms with Crippen molar-refractivity contribution in [2.45, 2.75) is 57.2 Å². The summed E-state index contributed by atoms with van der Waals surface area (Å²) in [5.41, 5.74) is 0.459. The predicted octanol–water partition coefficient (Wildman–Crippen LogP) is 3.30. The van der Waals surface area contributed by atoms with Crippen molar-refractivity contribution in [3.05, 3.63) is 52.5 Å². The lowest BCUT2D eigenvalue weighted by Gasteiger charge is -2.27. The molecule has 2 fully saturated rings. The van der Waals surface area contributed by atoms with Crippen molar-refractivity contribution in [2.75, 3.05) is 5.32 Å². The number of imide groups is 2. The number of thiazole rings is 1. The van der Waals surface area contributed by atoms with Crippen LogP contribution < -0.4 is 20.7 Å². The van der Waals surface area contributed by atoms with E-state index in [9.17, 15) is 24.0 Å². The Balaban J connectivity index is 1.17. The van der Waals surface area contributed by atoms with Crippen LogP contribution in [0.1, 0.15) is 65.3 Å². The monoisotopic (exact) mass is 547 g/mol. The second kappa shape index (κ2) is 9.16. The highest BCUT2D eigenvalue weighted by molar-refractivity contribution is 7.18. The molecule has 1 atom stereocenters. The zero-order chi connectivity index (χ0) is 27.5. The van der Waals surface area contributed by atoms with Gasteiger partial charge in [-0.05, 0) is 63.4 Å². The lowest BCUT2D eigenvalue weighted by Crippen LogP contribution is -2.54. The highest BCUT2D eigenvalue weighted by Gasteiger charge is 2.44. The second-order valence-electron chi connectivity index (χ2n) is 10.4. The number of hydrogen-bond acceptors (Lipinski definition) is 8. The summed E-state index contributed by atoms with van der Waals surface area (Å²) in [5, 5.41) is 8.51. The average Bonchev–Trinajstić information content (AvgIpc) is 3.51. The lowest BCUT2D eigenvalue weighted by molar-refractivity contribution is -0.136. The number of fused-ring (bicyclic) bond motifs is 2. The van der Waals surface area contributed by atoms with Gasteiger partial charge in [0.1, 0.15) is 22.3 Å². The van der Waals surface area contributed by atoms with E-state index in [0.29, 0.717) is 10.7 Å². The van der Waals surface area contributed by atoms with Crippen LogP contribution in [0, 0.1) is 0 Å². The van der Waals surface area contributed by atoms with E-state index in [1.807, 2.05) is 32.0 Å². The second-order valence-corrected chi connectivity index (χ2v) is 11.4. The van der Waals surface area contributed by atoms with Crippen molar-refractivity contribution >= 4 is 56.9 Å². The molecule has 2 aliphatic heterocycles.